The molecule has 0 unspecified atom stereocenters. The van der Waals surface area contributed by atoms with Crippen LogP contribution in [-0.4, -0.2) is 38.7 Å². The number of pyridine rings is 1. The van der Waals surface area contributed by atoms with Gasteiger partial charge < -0.3 is 5.11 Å². The van der Waals surface area contributed by atoms with E-state index in [4.69, 9.17) is 11.6 Å². The summed E-state index contributed by atoms with van der Waals surface area (Å²) in [5.74, 6) is 5.45. The summed E-state index contributed by atoms with van der Waals surface area (Å²) in [4.78, 5) is 8.30. The smallest absolute Gasteiger partial charge is 0.261 e. The Morgan fingerprint density at radius 1 is 1.06 bits per heavy atom. The number of anilines is 1. The normalized spacial score (nSPS) is 15.3. The first-order chi connectivity index (χ1) is 17.2. The number of nitrogens with zero attached hydrogens (tertiary/aromatic N) is 4. The molecule has 0 amide bonds. The van der Waals surface area contributed by atoms with E-state index in [1.807, 2.05) is 0 Å². The number of imidazole rings is 1. The maximum absolute atomic E-state index is 13.2. The minimum Gasteiger partial charge on any atom is -0.378 e. The molecular weight excluding hydrogens is 505 g/mol. The molecule has 184 valence electrons. The lowest BCUT2D eigenvalue weighted by Crippen LogP contribution is -2.29. The highest BCUT2D eigenvalue weighted by molar-refractivity contribution is 7.92. The molecule has 1 saturated carbocycles. The molecule has 3 heterocycles. The number of rotatable bonds is 4. The van der Waals surface area contributed by atoms with Gasteiger partial charge in [0, 0.05) is 11.8 Å². The van der Waals surface area contributed by atoms with Gasteiger partial charge in [-0.2, -0.15) is 5.10 Å². The molecule has 1 aromatic carbocycles. The van der Waals surface area contributed by atoms with Crippen LogP contribution in [-0.2, 0) is 10.0 Å². The molecule has 3 aromatic heterocycles. The highest BCUT2D eigenvalue weighted by Gasteiger charge is 2.26. The number of aromatic nitrogens is 4. The number of aliphatic hydroxyl groups is 1. The molecule has 0 spiro atoms. The lowest BCUT2D eigenvalue weighted by Gasteiger charge is -2.26. The molecule has 2 N–H and O–H groups in total. The van der Waals surface area contributed by atoms with Crippen LogP contribution in [0.25, 0.3) is 16.9 Å². The van der Waals surface area contributed by atoms with Gasteiger partial charge in [0.1, 0.15) is 17.1 Å². The molecule has 36 heavy (non-hydrogen) atoms. The van der Waals surface area contributed by atoms with Crippen molar-refractivity contribution in [3.63, 3.8) is 0 Å². The fourth-order valence-electron chi connectivity index (χ4n) is 4.03. The summed E-state index contributed by atoms with van der Waals surface area (Å²) in [5, 5.41) is 15.2. The first-order valence-electron chi connectivity index (χ1n) is 11.3. The number of fused-ring (bicyclic) bond motifs is 1. The van der Waals surface area contributed by atoms with Crippen LogP contribution in [0.2, 0.25) is 5.15 Å². The van der Waals surface area contributed by atoms with E-state index in [0.29, 0.717) is 35.4 Å². The lowest BCUT2D eigenvalue weighted by atomic mass is 9.85. The lowest BCUT2D eigenvalue weighted by molar-refractivity contribution is 0.0610. The van der Waals surface area contributed by atoms with E-state index in [2.05, 4.69) is 31.6 Å². The van der Waals surface area contributed by atoms with Crippen LogP contribution >= 0.6 is 11.6 Å². The second-order valence-corrected chi connectivity index (χ2v) is 10.6. The summed E-state index contributed by atoms with van der Waals surface area (Å²) in [7, 11) is -4.03. The molecule has 0 radical (unpaired) electrons. The third-order valence-electron chi connectivity index (χ3n) is 5.97. The van der Waals surface area contributed by atoms with Gasteiger partial charge in [0.25, 0.3) is 10.0 Å². The number of halogens is 2. The van der Waals surface area contributed by atoms with Crippen LogP contribution in [0.4, 0.5) is 10.1 Å². The van der Waals surface area contributed by atoms with Gasteiger partial charge in [0.05, 0.1) is 22.5 Å². The van der Waals surface area contributed by atoms with Crippen LogP contribution in [0.3, 0.4) is 0 Å². The largest absolute Gasteiger partial charge is 0.378 e. The van der Waals surface area contributed by atoms with Crippen molar-refractivity contribution in [2.24, 2.45) is 0 Å². The van der Waals surface area contributed by atoms with Crippen LogP contribution in [0.5, 0.6) is 0 Å². The first kappa shape index (κ1) is 24.2. The summed E-state index contributed by atoms with van der Waals surface area (Å²) in [6, 6.07) is 9.41. The summed E-state index contributed by atoms with van der Waals surface area (Å²) >= 11 is 6.16. The average molecular weight is 526 g/mol. The van der Waals surface area contributed by atoms with Crippen LogP contribution in [0, 0.1) is 17.7 Å². The van der Waals surface area contributed by atoms with E-state index in [1.165, 1.54) is 12.3 Å². The third kappa shape index (κ3) is 5.04. The van der Waals surface area contributed by atoms with Gasteiger partial charge >= 0.3 is 0 Å². The quantitative estimate of drug-likeness (QED) is 0.301. The van der Waals surface area contributed by atoms with Gasteiger partial charge in [-0.05, 0) is 74.1 Å². The maximum Gasteiger partial charge on any atom is 0.261 e. The van der Waals surface area contributed by atoms with Crippen LogP contribution in [0.15, 0.2) is 59.8 Å². The highest BCUT2D eigenvalue weighted by atomic mass is 35.5. The van der Waals surface area contributed by atoms with Crippen molar-refractivity contribution in [3.05, 3.63) is 71.5 Å². The van der Waals surface area contributed by atoms with Crippen molar-refractivity contribution >= 4 is 33.0 Å². The molecule has 0 saturated heterocycles. The fraction of sp³-hybridized carbons (Fsp3) is 0.240. The Labute approximate surface area is 212 Å². The molecule has 11 heteroatoms. The number of nitrogens with one attached hydrogen (secondary N) is 1. The van der Waals surface area contributed by atoms with Crippen molar-refractivity contribution in [1.29, 1.82) is 0 Å². The van der Waals surface area contributed by atoms with Gasteiger partial charge in [-0.25, -0.2) is 27.3 Å². The zero-order chi connectivity index (χ0) is 25.3. The molecule has 1 aliphatic rings. The van der Waals surface area contributed by atoms with Crippen molar-refractivity contribution in [2.45, 2.75) is 42.6 Å². The first-order valence-corrected chi connectivity index (χ1v) is 13.1. The number of hydrogen-bond acceptors (Lipinski definition) is 6. The number of sulfonamides is 1. The van der Waals surface area contributed by atoms with Crippen molar-refractivity contribution in [2.75, 3.05) is 4.72 Å². The summed E-state index contributed by atoms with van der Waals surface area (Å²) in [5.41, 5.74) is 1.10. The monoisotopic (exact) mass is 525 g/mol. The molecule has 1 aliphatic carbocycles. The topological polar surface area (TPSA) is 109 Å². The Morgan fingerprint density at radius 3 is 2.56 bits per heavy atom. The number of hydrogen-bond donors (Lipinski definition) is 2. The van der Waals surface area contributed by atoms with E-state index in [9.17, 15) is 17.9 Å². The van der Waals surface area contributed by atoms with Gasteiger partial charge in [-0.1, -0.05) is 23.9 Å². The van der Waals surface area contributed by atoms with Gasteiger partial charge in [-0.3, -0.25) is 4.72 Å². The molecule has 0 aliphatic heterocycles. The summed E-state index contributed by atoms with van der Waals surface area (Å²) in [6.07, 6.45) is 7.33. The zero-order valence-electron chi connectivity index (χ0n) is 18.9. The van der Waals surface area contributed by atoms with Crippen molar-refractivity contribution in [3.8, 4) is 23.1 Å². The molecule has 1 fully saturated rings. The van der Waals surface area contributed by atoms with Crippen molar-refractivity contribution < 1.29 is 17.9 Å². The molecule has 0 atom stereocenters. The zero-order valence-corrected chi connectivity index (χ0v) is 20.5. The van der Waals surface area contributed by atoms with E-state index < -0.39 is 21.4 Å². The van der Waals surface area contributed by atoms with E-state index >= 15 is 0 Å². The highest BCUT2D eigenvalue weighted by Crippen LogP contribution is 2.29. The Balaban J connectivity index is 1.47. The predicted octanol–water partition coefficient (Wildman–Crippen LogP) is 4.43. The molecule has 8 nitrogen and oxygen atoms in total. The van der Waals surface area contributed by atoms with Gasteiger partial charge in [-0.15, -0.1) is 0 Å². The van der Waals surface area contributed by atoms with E-state index in [0.717, 1.165) is 43.5 Å². The standard InChI is InChI=1S/C25H21ClFN5O3S/c26-24-22(31-36(34,35)20-6-4-18(27)5-7-20)14-17(15-29-24)21-8-9-23-28-16-19(32(23)30-21)10-13-25(33)11-2-1-3-12-25/h4-9,14-16,31,33H,1-3,11-12H2. The SMILES string of the molecule is O=S(=O)(Nc1cc(-c2ccc3ncc(C#CC4(O)CCCCC4)n3n2)cnc1Cl)c1ccc(F)cc1. The molecule has 4 aromatic rings. The van der Waals surface area contributed by atoms with Gasteiger partial charge in [0.2, 0.25) is 0 Å². The molecular formula is C25H21ClFN5O3S. The molecule has 5 rings (SSSR count). The Hall–Kier alpha value is -3.52. The second-order valence-electron chi connectivity index (χ2n) is 8.60. The maximum atomic E-state index is 13.2. The van der Waals surface area contributed by atoms with E-state index in [1.54, 1.807) is 22.8 Å². The summed E-state index contributed by atoms with van der Waals surface area (Å²) < 4.78 is 42.6. The third-order valence-corrected chi connectivity index (χ3v) is 7.65. The number of benzene rings is 1. The minimum absolute atomic E-state index is 0.0468. The van der Waals surface area contributed by atoms with E-state index in [-0.39, 0.29) is 15.7 Å². The van der Waals surface area contributed by atoms with Crippen LogP contribution in [0.1, 0.15) is 37.8 Å². The fourth-order valence-corrected chi connectivity index (χ4v) is 5.30. The molecule has 0 bridgehead atoms. The predicted molar refractivity (Wildman–Crippen MR) is 133 cm³/mol. The average Bonchev–Trinajstić information content (AvgIpc) is 3.27. The minimum atomic E-state index is -4.03. The Morgan fingerprint density at radius 2 is 1.81 bits per heavy atom. The Kier molecular flexibility index (Phi) is 6.38. The Bertz CT molecular complexity index is 1600. The van der Waals surface area contributed by atoms with Crippen molar-refractivity contribution in [1.82, 2.24) is 19.6 Å². The van der Waals surface area contributed by atoms with Gasteiger partial charge in [0.15, 0.2) is 10.8 Å². The van der Waals surface area contributed by atoms with Crippen LogP contribution < -0.4 is 4.72 Å². The summed E-state index contributed by atoms with van der Waals surface area (Å²) in [6.45, 7) is 0. The second kappa shape index (κ2) is 9.50.